The van der Waals surface area contributed by atoms with Crippen LogP contribution in [0.25, 0.3) is 60.2 Å². The van der Waals surface area contributed by atoms with E-state index in [2.05, 4.69) is 168 Å². The molecule has 0 aliphatic carbocycles. The fraction of sp³-hybridized carbons (Fsp3) is 0.0256. The maximum atomic E-state index is 2.46. The van der Waals surface area contributed by atoms with Gasteiger partial charge in [-0.25, -0.2) is 0 Å². The number of hydrogen-bond donors (Lipinski definition) is 0. The Morgan fingerprint density at radius 2 is 1.00 bits per heavy atom. The van der Waals surface area contributed by atoms with Crippen molar-refractivity contribution in [1.29, 1.82) is 0 Å². The standard InChI is InChI=1S/C39H28N2/c1-40(28-13-4-2-5-14-28)29-25-23-27(24-26-29)31-21-12-22-36-37(31)38-34-19-10-8-17-32(34)33-18-9-11-20-35(33)39(38)41(36)30-15-6-3-7-16-30/h2-26H,1H3. The van der Waals surface area contributed by atoms with Gasteiger partial charge in [-0.2, -0.15) is 0 Å². The lowest BCUT2D eigenvalue weighted by Crippen LogP contribution is -2.08. The van der Waals surface area contributed by atoms with Crippen LogP contribution in [0.5, 0.6) is 0 Å². The molecule has 0 saturated heterocycles. The summed E-state index contributed by atoms with van der Waals surface area (Å²) in [5.41, 5.74) is 8.44. The molecule has 0 aliphatic heterocycles. The van der Waals surface area contributed by atoms with E-state index in [0.717, 1.165) is 5.69 Å². The zero-order valence-electron chi connectivity index (χ0n) is 22.8. The summed E-state index contributed by atoms with van der Waals surface area (Å²) in [5.74, 6) is 0. The molecule has 1 heterocycles. The van der Waals surface area contributed by atoms with Crippen molar-refractivity contribution in [2.75, 3.05) is 11.9 Å². The van der Waals surface area contributed by atoms with Crippen molar-refractivity contribution < 1.29 is 0 Å². The molecule has 0 atom stereocenters. The fourth-order valence-corrected chi connectivity index (χ4v) is 6.47. The van der Waals surface area contributed by atoms with Crippen LogP contribution >= 0.6 is 0 Å². The molecular formula is C39H28N2. The minimum absolute atomic E-state index is 1.16. The van der Waals surface area contributed by atoms with Gasteiger partial charge in [0.1, 0.15) is 0 Å². The number of anilines is 2. The lowest BCUT2D eigenvalue weighted by molar-refractivity contribution is 1.19. The van der Waals surface area contributed by atoms with Gasteiger partial charge in [-0.3, -0.25) is 0 Å². The number of nitrogens with zero attached hydrogens (tertiary/aromatic N) is 2. The van der Waals surface area contributed by atoms with Crippen molar-refractivity contribution in [1.82, 2.24) is 4.57 Å². The highest BCUT2D eigenvalue weighted by atomic mass is 15.1. The van der Waals surface area contributed by atoms with Gasteiger partial charge in [0.05, 0.1) is 11.0 Å². The number of fused-ring (bicyclic) bond motifs is 8. The van der Waals surface area contributed by atoms with E-state index in [0.29, 0.717) is 0 Å². The van der Waals surface area contributed by atoms with Crippen LogP contribution in [0.4, 0.5) is 11.4 Å². The van der Waals surface area contributed by atoms with Gasteiger partial charge >= 0.3 is 0 Å². The minimum Gasteiger partial charge on any atom is -0.345 e. The number of rotatable bonds is 4. The predicted octanol–water partition coefficient (Wildman–Crippen LogP) is 10.5. The largest absolute Gasteiger partial charge is 0.345 e. The van der Waals surface area contributed by atoms with E-state index >= 15 is 0 Å². The van der Waals surface area contributed by atoms with E-state index in [4.69, 9.17) is 0 Å². The third kappa shape index (κ3) is 3.65. The van der Waals surface area contributed by atoms with Crippen LogP contribution in [-0.4, -0.2) is 11.6 Å². The maximum absolute atomic E-state index is 2.46. The number of aromatic nitrogens is 1. The van der Waals surface area contributed by atoms with Crippen LogP contribution in [0.15, 0.2) is 152 Å². The SMILES string of the molecule is CN(c1ccccc1)c1ccc(-c2cccc3c2c2c4ccccc4c4ccccc4c2n3-c2ccccc2)cc1. The predicted molar refractivity (Wildman–Crippen MR) is 176 cm³/mol. The molecule has 194 valence electrons. The van der Waals surface area contributed by atoms with E-state index in [1.165, 1.54) is 65.9 Å². The Balaban J connectivity index is 1.46. The van der Waals surface area contributed by atoms with Crippen molar-refractivity contribution in [3.8, 4) is 16.8 Å². The van der Waals surface area contributed by atoms with Gasteiger partial charge in [0.2, 0.25) is 0 Å². The molecule has 2 heteroatoms. The summed E-state index contributed by atoms with van der Waals surface area (Å²) in [4.78, 5) is 2.23. The van der Waals surface area contributed by atoms with Gasteiger partial charge < -0.3 is 9.47 Å². The summed E-state index contributed by atoms with van der Waals surface area (Å²) in [6, 6.07) is 54.7. The first-order chi connectivity index (χ1) is 20.3. The molecule has 0 N–H and O–H groups in total. The van der Waals surface area contributed by atoms with Gasteiger partial charge in [-0.05, 0) is 69.8 Å². The highest BCUT2D eigenvalue weighted by molar-refractivity contribution is 6.34. The Kier molecular flexibility index (Phi) is 5.39. The summed E-state index contributed by atoms with van der Waals surface area (Å²) in [5, 5.41) is 7.72. The Morgan fingerprint density at radius 3 is 1.71 bits per heavy atom. The first kappa shape index (κ1) is 23.5. The van der Waals surface area contributed by atoms with E-state index in [1.54, 1.807) is 0 Å². The summed E-state index contributed by atoms with van der Waals surface area (Å²) < 4.78 is 2.46. The Morgan fingerprint density at radius 1 is 0.439 bits per heavy atom. The first-order valence-corrected chi connectivity index (χ1v) is 14.1. The van der Waals surface area contributed by atoms with Gasteiger partial charge in [0, 0.05) is 40.3 Å². The summed E-state index contributed by atoms with van der Waals surface area (Å²) in [7, 11) is 2.12. The topological polar surface area (TPSA) is 8.17 Å². The van der Waals surface area contributed by atoms with Crippen LogP contribution in [0, 0.1) is 0 Å². The van der Waals surface area contributed by atoms with E-state index < -0.39 is 0 Å². The molecule has 2 nitrogen and oxygen atoms in total. The van der Waals surface area contributed by atoms with Gasteiger partial charge in [-0.1, -0.05) is 109 Å². The summed E-state index contributed by atoms with van der Waals surface area (Å²) >= 11 is 0. The highest BCUT2D eigenvalue weighted by Gasteiger charge is 2.21. The van der Waals surface area contributed by atoms with Gasteiger partial charge in [-0.15, -0.1) is 0 Å². The summed E-state index contributed by atoms with van der Waals surface area (Å²) in [6.07, 6.45) is 0. The minimum atomic E-state index is 1.16. The quantitative estimate of drug-likeness (QED) is 0.208. The molecule has 1 aromatic heterocycles. The van der Waals surface area contributed by atoms with Gasteiger partial charge in [0.25, 0.3) is 0 Å². The second-order valence-electron chi connectivity index (χ2n) is 10.6. The Hall–Kier alpha value is -5.34. The second-order valence-corrected chi connectivity index (χ2v) is 10.6. The smallest absolute Gasteiger partial charge is 0.0626 e. The molecule has 0 saturated carbocycles. The molecule has 0 unspecified atom stereocenters. The van der Waals surface area contributed by atoms with Gasteiger partial charge in [0.15, 0.2) is 0 Å². The third-order valence-corrected chi connectivity index (χ3v) is 8.39. The molecule has 8 rings (SSSR count). The Bertz CT molecular complexity index is 2190. The average molecular weight is 525 g/mol. The molecular weight excluding hydrogens is 496 g/mol. The normalized spacial score (nSPS) is 11.5. The van der Waals surface area contributed by atoms with Crippen molar-refractivity contribution in [2.24, 2.45) is 0 Å². The van der Waals surface area contributed by atoms with E-state index in [1.807, 2.05) is 0 Å². The number of para-hydroxylation sites is 2. The second kappa shape index (κ2) is 9.39. The Labute approximate surface area is 239 Å². The monoisotopic (exact) mass is 524 g/mol. The van der Waals surface area contributed by atoms with Crippen LogP contribution in [0.1, 0.15) is 0 Å². The van der Waals surface area contributed by atoms with Crippen LogP contribution in [0.3, 0.4) is 0 Å². The molecule has 0 fully saturated rings. The molecule has 0 bridgehead atoms. The van der Waals surface area contributed by atoms with Crippen LogP contribution < -0.4 is 4.90 Å². The van der Waals surface area contributed by atoms with E-state index in [-0.39, 0.29) is 0 Å². The summed E-state index contributed by atoms with van der Waals surface area (Å²) in [6.45, 7) is 0. The molecule has 41 heavy (non-hydrogen) atoms. The lowest BCUT2D eigenvalue weighted by Gasteiger charge is -2.20. The van der Waals surface area contributed by atoms with Crippen molar-refractivity contribution in [3.05, 3.63) is 152 Å². The highest BCUT2D eigenvalue weighted by Crippen LogP contribution is 2.45. The lowest BCUT2D eigenvalue weighted by atomic mass is 9.93. The number of hydrogen-bond acceptors (Lipinski definition) is 1. The van der Waals surface area contributed by atoms with Crippen LogP contribution in [-0.2, 0) is 0 Å². The third-order valence-electron chi connectivity index (χ3n) is 8.39. The zero-order chi connectivity index (χ0) is 27.3. The number of benzene rings is 7. The van der Waals surface area contributed by atoms with Crippen LogP contribution in [0.2, 0.25) is 0 Å². The maximum Gasteiger partial charge on any atom is 0.0626 e. The first-order valence-electron chi connectivity index (χ1n) is 14.1. The molecule has 0 radical (unpaired) electrons. The molecule has 0 aliphatic rings. The fourth-order valence-electron chi connectivity index (χ4n) is 6.47. The molecule has 0 amide bonds. The van der Waals surface area contributed by atoms with E-state index in [9.17, 15) is 0 Å². The molecule has 7 aromatic carbocycles. The van der Waals surface area contributed by atoms with Crippen molar-refractivity contribution >= 4 is 54.7 Å². The molecule has 8 aromatic rings. The van der Waals surface area contributed by atoms with Crippen molar-refractivity contribution in [2.45, 2.75) is 0 Å². The zero-order valence-corrected chi connectivity index (χ0v) is 22.8. The van der Waals surface area contributed by atoms with Crippen molar-refractivity contribution in [3.63, 3.8) is 0 Å². The molecule has 0 spiro atoms. The average Bonchev–Trinajstić information content (AvgIpc) is 3.41.